The second-order valence-corrected chi connectivity index (χ2v) is 8.43. The number of hydrogen-bond donors (Lipinski definition) is 3. The van der Waals surface area contributed by atoms with Gasteiger partial charge in [-0.2, -0.15) is 0 Å². The molecule has 0 radical (unpaired) electrons. The molecule has 2 aromatic rings. The van der Waals surface area contributed by atoms with Crippen molar-refractivity contribution in [3.63, 3.8) is 0 Å². The maximum absolute atomic E-state index is 12.6. The van der Waals surface area contributed by atoms with Gasteiger partial charge in [-0.1, -0.05) is 18.0 Å². The fourth-order valence-electron chi connectivity index (χ4n) is 4.20. The maximum atomic E-state index is 12.6. The quantitative estimate of drug-likeness (QED) is 0.593. The van der Waals surface area contributed by atoms with E-state index in [0.717, 1.165) is 35.9 Å². The number of carboxylic acids is 1. The summed E-state index contributed by atoms with van der Waals surface area (Å²) in [6.45, 7) is 2.12. The summed E-state index contributed by atoms with van der Waals surface area (Å²) in [4.78, 5) is 37.4. The van der Waals surface area contributed by atoms with Gasteiger partial charge in [-0.05, 0) is 43.9 Å². The number of hydroxylamine groups is 1. The van der Waals surface area contributed by atoms with Crippen LogP contribution in [0, 0.1) is 0 Å². The predicted molar refractivity (Wildman–Crippen MR) is 122 cm³/mol. The first-order valence-electron chi connectivity index (χ1n) is 10.7. The lowest BCUT2D eigenvalue weighted by Crippen LogP contribution is -2.49. The third kappa shape index (κ3) is 4.83. The fraction of sp³-hybridized carbons (Fsp3) is 0.409. The highest BCUT2D eigenvalue weighted by atomic mass is 35.5. The van der Waals surface area contributed by atoms with Gasteiger partial charge in [0.15, 0.2) is 0 Å². The minimum atomic E-state index is -0.968. The van der Waals surface area contributed by atoms with E-state index in [0.29, 0.717) is 61.1 Å². The number of rotatable bonds is 4. The molecule has 9 nitrogen and oxygen atoms in total. The van der Waals surface area contributed by atoms with E-state index in [1.54, 1.807) is 11.0 Å². The van der Waals surface area contributed by atoms with Crippen LogP contribution in [-0.4, -0.2) is 53.2 Å². The molecule has 1 fully saturated rings. The number of hydrogen-bond acceptors (Lipinski definition) is 7. The van der Waals surface area contributed by atoms with Crippen LogP contribution in [0.2, 0.25) is 5.02 Å². The molecule has 0 unspecified atom stereocenters. The Labute approximate surface area is 190 Å². The van der Waals surface area contributed by atoms with Crippen molar-refractivity contribution in [3.8, 4) is 0 Å². The van der Waals surface area contributed by atoms with E-state index in [4.69, 9.17) is 22.2 Å². The van der Waals surface area contributed by atoms with Crippen LogP contribution in [0.3, 0.4) is 0 Å². The van der Waals surface area contributed by atoms with Crippen molar-refractivity contribution in [2.24, 2.45) is 0 Å². The van der Waals surface area contributed by atoms with Gasteiger partial charge in [0.05, 0.1) is 16.8 Å². The zero-order chi connectivity index (χ0) is 22.7. The molecule has 1 aromatic carbocycles. The van der Waals surface area contributed by atoms with E-state index in [1.165, 1.54) is 0 Å². The highest BCUT2D eigenvalue weighted by Crippen LogP contribution is 2.30. The Kier molecular flexibility index (Phi) is 6.55. The fourth-order valence-corrected chi connectivity index (χ4v) is 4.36. The monoisotopic (exact) mass is 459 g/mol. The van der Waals surface area contributed by atoms with Crippen LogP contribution in [0.1, 0.15) is 32.1 Å². The number of carboxylic acid groups (broad SMARTS) is 1. The number of aromatic nitrogens is 1. The van der Waals surface area contributed by atoms with Gasteiger partial charge in [0.2, 0.25) is 0 Å². The Morgan fingerprint density at radius 3 is 2.59 bits per heavy atom. The Morgan fingerprint density at radius 2 is 1.84 bits per heavy atom. The number of anilines is 2. The van der Waals surface area contributed by atoms with Crippen molar-refractivity contribution >= 4 is 46.1 Å². The Morgan fingerprint density at radius 1 is 1.09 bits per heavy atom. The summed E-state index contributed by atoms with van der Waals surface area (Å²) in [6.07, 6.45) is 3.16. The Bertz CT molecular complexity index is 1060. The molecule has 1 saturated heterocycles. The van der Waals surface area contributed by atoms with Crippen molar-refractivity contribution in [1.29, 1.82) is 0 Å². The lowest BCUT2D eigenvalue weighted by atomic mass is 10.1. The SMILES string of the molecule is Nc1cc(N2CCN(C(=O)ONC3=C(C(=O)O)CCCCC3)CC2)c2ccc(Cl)cc2n1. The second-order valence-electron chi connectivity index (χ2n) is 7.99. The lowest BCUT2D eigenvalue weighted by molar-refractivity contribution is -0.133. The standard InChI is InChI=1S/C22H26ClN5O4/c23-14-6-7-15-18(12-14)25-20(24)13-19(15)27-8-10-28(11-9-27)22(31)32-26-17-5-3-1-2-4-16(17)21(29)30/h6-7,12-13,26H,1-5,8-11H2,(H2,24,25)(H,29,30). The van der Waals surface area contributed by atoms with Crippen molar-refractivity contribution < 1.29 is 19.5 Å². The number of allylic oxidation sites excluding steroid dienone is 1. The smallest absolute Gasteiger partial charge is 0.434 e. The van der Waals surface area contributed by atoms with Crippen LogP contribution >= 0.6 is 11.6 Å². The zero-order valence-electron chi connectivity index (χ0n) is 17.6. The number of fused-ring (bicyclic) bond motifs is 1. The van der Waals surface area contributed by atoms with Gasteiger partial charge < -0.3 is 25.5 Å². The average molecular weight is 460 g/mol. The topological polar surface area (TPSA) is 121 Å². The number of aliphatic carboxylic acids is 1. The summed E-state index contributed by atoms with van der Waals surface area (Å²) in [5.74, 6) is -0.559. The van der Waals surface area contributed by atoms with E-state index >= 15 is 0 Å². The minimum absolute atomic E-state index is 0.294. The summed E-state index contributed by atoms with van der Waals surface area (Å²) in [5, 5.41) is 11.0. The van der Waals surface area contributed by atoms with Crippen molar-refractivity contribution in [2.45, 2.75) is 32.1 Å². The molecule has 1 aliphatic heterocycles. The lowest BCUT2D eigenvalue weighted by Gasteiger charge is -2.36. The first kappa shape index (κ1) is 22.0. The third-order valence-corrected chi connectivity index (χ3v) is 6.12. The second kappa shape index (κ2) is 9.52. The van der Waals surface area contributed by atoms with Crippen LogP contribution in [0.15, 0.2) is 35.5 Å². The van der Waals surface area contributed by atoms with Crippen LogP contribution < -0.4 is 16.1 Å². The summed E-state index contributed by atoms with van der Waals surface area (Å²) in [7, 11) is 0. The average Bonchev–Trinajstić information content (AvgIpc) is 3.02. The number of amides is 1. The number of benzene rings is 1. The molecular weight excluding hydrogens is 434 g/mol. The molecule has 170 valence electrons. The van der Waals surface area contributed by atoms with Gasteiger partial charge in [-0.15, -0.1) is 0 Å². The number of halogens is 1. The van der Waals surface area contributed by atoms with Crippen molar-refractivity contribution in [2.75, 3.05) is 36.8 Å². The Balaban J connectivity index is 1.39. The molecule has 10 heteroatoms. The number of nitrogens with two attached hydrogens (primary N) is 1. The molecule has 4 N–H and O–H groups in total. The van der Waals surface area contributed by atoms with E-state index in [1.807, 2.05) is 18.2 Å². The van der Waals surface area contributed by atoms with Crippen LogP contribution in [0.25, 0.3) is 10.9 Å². The number of nitrogens with one attached hydrogen (secondary N) is 1. The van der Waals surface area contributed by atoms with Gasteiger partial charge in [0.1, 0.15) is 5.82 Å². The molecule has 1 aromatic heterocycles. The predicted octanol–water partition coefficient (Wildman–Crippen LogP) is 3.54. The van der Waals surface area contributed by atoms with Gasteiger partial charge in [0, 0.05) is 48.3 Å². The first-order valence-corrected chi connectivity index (χ1v) is 11.1. The highest BCUT2D eigenvalue weighted by molar-refractivity contribution is 6.31. The summed E-state index contributed by atoms with van der Waals surface area (Å²) < 4.78 is 0. The summed E-state index contributed by atoms with van der Waals surface area (Å²) in [5.41, 5.74) is 11.1. The van der Waals surface area contributed by atoms with Gasteiger partial charge in [0.25, 0.3) is 0 Å². The van der Waals surface area contributed by atoms with E-state index < -0.39 is 12.1 Å². The maximum Gasteiger partial charge on any atom is 0.434 e. The molecule has 0 saturated carbocycles. The van der Waals surface area contributed by atoms with Crippen molar-refractivity contribution in [1.82, 2.24) is 15.4 Å². The van der Waals surface area contributed by atoms with Crippen LogP contribution in [0.5, 0.6) is 0 Å². The number of carbonyl (C=O) groups is 2. The molecule has 32 heavy (non-hydrogen) atoms. The normalized spacial score (nSPS) is 17.3. The molecule has 2 aliphatic rings. The number of pyridine rings is 1. The molecule has 0 spiro atoms. The number of nitrogen functional groups attached to an aromatic ring is 1. The van der Waals surface area contributed by atoms with E-state index in [-0.39, 0.29) is 0 Å². The van der Waals surface area contributed by atoms with Gasteiger partial charge >= 0.3 is 12.1 Å². The molecule has 0 bridgehead atoms. The molecule has 1 aliphatic carbocycles. The van der Waals surface area contributed by atoms with Crippen LogP contribution in [0.4, 0.5) is 16.3 Å². The van der Waals surface area contributed by atoms with Crippen molar-refractivity contribution in [3.05, 3.63) is 40.6 Å². The summed E-state index contributed by atoms with van der Waals surface area (Å²) >= 11 is 6.09. The molecular formula is C22H26ClN5O4. The summed E-state index contributed by atoms with van der Waals surface area (Å²) in [6, 6.07) is 7.35. The van der Waals surface area contributed by atoms with Crippen LogP contribution in [-0.2, 0) is 9.63 Å². The van der Waals surface area contributed by atoms with Gasteiger partial charge in [-0.3, -0.25) is 0 Å². The third-order valence-electron chi connectivity index (χ3n) is 5.89. The zero-order valence-corrected chi connectivity index (χ0v) is 18.4. The molecule has 1 amide bonds. The van der Waals surface area contributed by atoms with E-state index in [9.17, 15) is 14.7 Å². The number of nitrogens with zero attached hydrogens (tertiary/aromatic N) is 3. The number of carbonyl (C=O) groups excluding carboxylic acids is 1. The largest absolute Gasteiger partial charge is 0.478 e. The first-order chi connectivity index (χ1) is 15.4. The molecule has 2 heterocycles. The molecule has 4 rings (SSSR count). The number of piperazine rings is 1. The molecule has 0 atom stereocenters. The minimum Gasteiger partial charge on any atom is -0.478 e. The Hall–Kier alpha value is -3.20. The highest BCUT2D eigenvalue weighted by Gasteiger charge is 2.25. The van der Waals surface area contributed by atoms with Gasteiger partial charge in [-0.25, -0.2) is 20.1 Å². The van der Waals surface area contributed by atoms with E-state index in [2.05, 4.69) is 15.4 Å².